The third kappa shape index (κ3) is 7.37. The Bertz CT molecular complexity index is 129. The van der Waals surface area contributed by atoms with Crippen molar-refractivity contribution in [3.63, 3.8) is 0 Å². The van der Waals surface area contributed by atoms with Crippen LogP contribution in [0.25, 0.3) is 0 Å². The van der Waals surface area contributed by atoms with Crippen molar-refractivity contribution in [2.45, 2.75) is 59.8 Å². The van der Waals surface area contributed by atoms with Crippen molar-refractivity contribution in [3.8, 4) is 0 Å². The molecule has 0 amide bonds. The zero-order chi connectivity index (χ0) is 11.0. The fourth-order valence-electron chi connectivity index (χ4n) is 1.54. The van der Waals surface area contributed by atoms with Crippen molar-refractivity contribution in [3.05, 3.63) is 0 Å². The molecule has 0 fully saturated rings. The summed E-state index contributed by atoms with van der Waals surface area (Å²) in [5.41, 5.74) is 0.547. The third-order valence-corrected chi connectivity index (χ3v) is 3.24. The number of hydrogen-bond acceptors (Lipinski definition) is 1. The van der Waals surface area contributed by atoms with E-state index in [2.05, 4.69) is 39.6 Å². The molecule has 86 valence electrons. The number of hydrogen-bond donors (Lipinski definition) is 0. The number of unbranched alkanes of at least 4 members (excludes halogenated alkanes) is 1. The van der Waals surface area contributed by atoms with Gasteiger partial charge in [0.25, 0.3) is 0 Å². The molecule has 0 aromatic rings. The summed E-state index contributed by atoms with van der Waals surface area (Å²) in [5.74, 6) is 0. The molecule has 0 rings (SSSR count). The summed E-state index contributed by atoms with van der Waals surface area (Å²) in [5, 5.41) is 0. The molecule has 1 heteroatoms. The Hall–Kier alpha value is -0.0400. The molecule has 0 aliphatic carbocycles. The SMILES string of the molecule is CCCCN(C)CCCC(C)(C)CC. The molecule has 0 spiro atoms. The van der Waals surface area contributed by atoms with Crippen LogP contribution in [-0.4, -0.2) is 25.0 Å². The molecule has 0 aliphatic heterocycles. The van der Waals surface area contributed by atoms with Crippen LogP contribution >= 0.6 is 0 Å². The predicted octanol–water partition coefficient (Wildman–Crippen LogP) is 3.93. The van der Waals surface area contributed by atoms with Crippen molar-refractivity contribution in [2.75, 3.05) is 20.1 Å². The lowest BCUT2D eigenvalue weighted by Gasteiger charge is -2.24. The largest absolute Gasteiger partial charge is 0.306 e. The maximum absolute atomic E-state index is 2.47. The van der Waals surface area contributed by atoms with E-state index in [1.807, 2.05) is 0 Å². The van der Waals surface area contributed by atoms with Crippen LogP contribution in [0.15, 0.2) is 0 Å². The van der Waals surface area contributed by atoms with E-state index in [1.165, 1.54) is 45.2 Å². The predicted molar refractivity (Wildman–Crippen MR) is 65.7 cm³/mol. The van der Waals surface area contributed by atoms with Crippen LogP contribution in [0.5, 0.6) is 0 Å². The van der Waals surface area contributed by atoms with E-state index in [1.54, 1.807) is 0 Å². The Balaban J connectivity index is 3.43. The van der Waals surface area contributed by atoms with E-state index in [0.29, 0.717) is 5.41 Å². The minimum Gasteiger partial charge on any atom is -0.306 e. The molecule has 0 unspecified atom stereocenters. The molecule has 0 radical (unpaired) electrons. The molecule has 0 aliphatic rings. The van der Waals surface area contributed by atoms with E-state index < -0.39 is 0 Å². The second-order valence-electron chi connectivity index (χ2n) is 5.28. The van der Waals surface area contributed by atoms with Crippen LogP contribution in [-0.2, 0) is 0 Å². The van der Waals surface area contributed by atoms with Crippen molar-refractivity contribution in [1.29, 1.82) is 0 Å². The van der Waals surface area contributed by atoms with E-state index in [9.17, 15) is 0 Å². The highest BCUT2D eigenvalue weighted by molar-refractivity contribution is 4.67. The fraction of sp³-hybridized carbons (Fsp3) is 1.00. The summed E-state index contributed by atoms with van der Waals surface area (Å²) < 4.78 is 0. The zero-order valence-corrected chi connectivity index (χ0v) is 10.9. The first kappa shape index (κ1) is 14.0. The van der Waals surface area contributed by atoms with Crippen LogP contribution in [0.4, 0.5) is 0 Å². The first-order chi connectivity index (χ1) is 6.52. The zero-order valence-electron chi connectivity index (χ0n) is 10.9. The molecule has 0 N–H and O–H groups in total. The molecule has 0 aromatic heterocycles. The molecule has 0 aromatic carbocycles. The Morgan fingerprint density at radius 3 is 2.07 bits per heavy atom. The molecule has 0 heterocycles. The minimum atomic E-state index is 0.547. The summed E-state index contributed by atoms with van der Waals surface area (Å²) in [6, 6.07) is 0. The Labute approximate surface area is 90.9 Å². The summed E-state index contributed by atoms with van der Waals surface area (Å²) in [6.07, 6.45) is 6.66. The number of rotatable bonds is 8. The summed E-state index contributed by atoms with van der Waals surface area (Å²) >= 11 is 0. The molecule has 0 bridgehead atoms. The van der Waals surface area contributed by atoms with Crippen molar-refractivity contribution >= 4 is 0 Å². The van der Waals surface area contributed by atoms with Gasteiger partial charge in [0, 0.05) is 0 Å². The average molecular weight is 199 g/mol. The van der Waals surface area contributed by atoms with E-state index in [-0.39, 0.29) is 0 Å². The smallest absolute Gasteiger partial charge is 0.00216 e. The summed E-state index contributed by atoms with van der Waals surface area (Å²) in [6.45, 7) is 11.8. The van der Waals surface area contributed by atoms with Gasteiger partial charge in [-0.3, -0.25) is 0 Å². The Kier molecular flexibility index (Phi) is 7.26. The van der Waals surface area contributed by atoms with Crippen LogP contribution in [0.3, 0.4) is 0 Å². The standard InChI is InChI=1S/C13H29N/c1-6-8-11-14(5)12-9-10-13(3,4)7-2/h6-12H2,1-5H3. The van der Waals surface area contributed by atoms with Gasteiger partial charge < -0.3 is 4.90 Å². The van der Waals surface area contributed by atoms with Crippen molar-refractivity contribution in [1.82, 2.24) is 4.90 Å². The van der Waals surface area contributed by atoms with E-state index >= 15 is 0 Å². The maximum atomic E-state index is 2.47. The van der Waals surface area contributed by atoms with E-state index in [4.69, 9.17) is 0 Å². The van der Waals surface area contributed by atoms with Crippen LogP contribution in [0.2, 0.25) is 0 Å². The monoisotopic (exact) mass is 199 g/mol. The second-order valence-corrected chi connectivity index (χ2v) is 5.28. The third-order valence-electron chi connectivity index (χ3n) is 3.24. The fourth-order valence-corrected chi connectivity index (χ4v) is 1.54. The molecule has 14 heavy (non-hydrogen) atoms. The van der Waals surface area contributed by atoms with Crippen LogP contribution in [0, 0.1) is 5.41 Å². The first-order valence-corrected chi connectivity index (χ1v) is 6.20. The highest BCUT2D eigenvalue weighted by Crippen LogP contribution is 2.25. The average Bonchev–Trinajstić information content (AvgIpc) is 2.14. The highest BCUT2D eigenvalue weighted by Gasteiger charge is 2.14. The highest BCUT2D eigenvalue weighted by atomic mass is 15.1. The number of nitrogens with zero attached hydrogens (tertiary/aromatic N) is 1. The Morgan fingerprint density at radius 1 is 1.00 bits per heavy atom. The van der Waals surface area contributed by atoms with E-state index in [0.717, 1.165) is 0 Å². The minimum absolute atomic E-state index is 0.547. The molecule has 0 saturated heterocycles. The van der Waals surface area contributed by atoms with Gasteiger partial charge in [-0.25, -0.2) is 0 Å². The molecular formula is C13H29N. The Morgan fingerprint density at radius 2 is 1.57 bits per heavy atom. The topological polar surface area (TPSA) is 3.24 Å². The molecular weight excluding hydrogens is 170 g/mol. The maximum Gasteiger partial charge on any atom is -0.00216 e. The second kappa shape index (κ2) is 7.28. The summed E-state index contributed by atoms with van der Waals surface area (Å²) in [4.78, 5) is 2.47. The van der Waals surface area contributed by atoms with Crippen LogP contribution in [0.1, 0.15) is 59.8 Å². The quantitative estimate of drug-likeness (QED) is 0.572. The lowest BCUT2D eigenvalue weighted by Crippen LogP contribution is -2.22. The van der Waals surface area contributed by atoms with Gasteiger partial charge in [0.15, 0.2) is 0 Å². The molecule has 0 saturated carbocycles. The van der Waals surface area contributed by atoms with Gasteiger partial charge in [0.2, 0.25) is 0 Å². The van der Waals surface area contributed by atoms with Gasteiger partial charge in [-0.15, -0.1) is 0 Å². The van der Waals surface area contributed by atoms with Gasteiger partial charge in [0.05, 0.1) is 0 Å². The lowest BCUT2D eigenvalue weighted by molar-refractivity contribution is 0.265. The van der Waals surface area contributed by atoms with Gasteiger partial charge in [-0.05, 0) is 44.8 Å². The summed E-state index contributed by atoms with van der Waals surface area (Å²) in [7, 11) is 2.24. The first-order valence-electron chi connectivity index (χ1n) is 6.20. The lowest BCUT2D eigenvalue weighted by atomic mass is 9.85. The van der Waals surface area contributed by atoms with Crippen LogP contribution < -0.4 is 0 Å². The normalized spacial score (nSPS) is 12.4. The van der Waals surface area contributed by atoms with Gasteiger partial charge >= 0.3 is 0 Å². The molecule has 1 nitrogen and oxygen atoms in total. The van der Waals surface area contributed by atoms with Gasteiger partial charge in [0.1, 0.15) is 0 Å². The van der Waals surface area contributed by atoms with Crippen molar-refractivity contribution < 1.29 is 0 Å². The van der Waals surface area contributed by atoms with Gasteiger partial charge in [-0.1, -0.05) is 40.5 Å². The molecule has 0 atom stereocenters. The van der Waals surface area contributed by atoms with Gasteiger partial charge in [-0.2, -0.15) is 0 Å². The van der Waals surface area contributed by atoms with Crippen molar-refractivity contribution in [2.24, 2.45) is 5.41 Å².